The maximum Gasteiger partial charge on any atom is 0.332 e. The van der Waals surface area contributed by atoms with Crippen LogP contribution < -0.4 is 10.2 Å². The second kappa shape index (κ2) is 6.49. The SMILES string of the molecule is COc1ccc(CC(=O)NOCC(=O)O)cc1. The second-order valence-electron chi connectivity index (χ2n) is 3.23. The van der Waals surface area contributed by atoms with Crippen LogP contribution in [0.25, 0.3) is 0 Å². The molecule has 1 aromatic rings. The maximum atomic E-state index is 11.3. The topological polar surface area (TPSA) is 84.9 Å². The van der Waals surface area contributed by atoms with Gasteiger partial charge in [-0.3, -0.25) is 9.63 Å². The number of carbonyl (C=O) groups excluding carboxylic acids is 1. The Bertz CT molecular complexity index is 387. The summed E-state index contributed by atoms with van der Waals surface area (Å²) in [4.78, 5) is 25.9. The number of benzene rings is 1. The molecule has 0 heterocycles. The van der Waals surface area contributed by atoms with Gasteiger partial charge in [0, 0.05) is 0 Å². The van der Waals surface area contributed by atoms with Crippen molar-refractivity contribution >= 4 is 11.9 Å². The molecule has 1 amide bonds. The number of nitrogens with one attached hydrogen (secondary N) is 1. The molecule has 0 saturated heterocycles. The number of methoxy groups -OCH3 is 1. The Kier molecular flexibility index (Phi) is 4.96. The molecule has 17 heavy (non-hydrogen) atoms. The first-order chi connectivity index (χ1) is 8.11. The third-order valence-corrected chi connectivity index (χ3v) is 1.91. The Hall–Kier alpha value is -2.08. The first kappa shape index (κ1) is 13.0. The average Bonchev–Trinajstić information content (AvgIpc) is 2.29. The fourth-order valence-corrected chi connectivity index (χ4v) is 1.14. The van der Waals surface area contributed by atoms with E-state index in [1.807, 2.05) is 5.48 Å². The highest BCUT2D eigenvalue weighted by molar-refractivity contribution is 5.77. The number of amides is 1. The van der Waals surface area contributed by atoms with Crippen molar-refractivity contribution in [2.75, 3.05) is 13.7 Å². The van der Waals surface area contributed by atoms with E-state index in [1.165, 1.54) is 0 Å². The van der Waals surface area contributed by atoms with Crippen LogP contribution in [-0.4, -0.2) is 30.7 Å². The maximum absolute atomic E-state index is 11.3. The fourth-order valence-electron chi connectivity index (χ4n) is 1.14. The molecule has 0 aliphatic carbocycles. The van der Waals surface area contributed by atoms with E-state index >= 15 is 0 Å². The van der Waals surface area contributed by atoms with Gasteiger partial charge < -0.3 is 9.84 Å². The van der Waals surface area contributed by atoms with Crippen LogP contribution in [0.4, 0.5) is 0 Å². The highest BCUT2D eigenvalue weighted by atomic mass is 16.7. The van der Waals surface area contributed by atoms with Gasteiger partial charge in [0.05, 0.1) is 13.5 Å². The summed E-state index contributed by atoms with van der Waals surface area (Å²) in [5.74, 6) is -0.845. The quantitative estimate of drug-likeness (QED) is 0.700. The predicted octanol–water partition coefficient (Wildman–Crippen LogP) is 0.370. The standard InChI is InChI=1S/C11H13NO5/c1-16-9-4-2-8(3-5-9)6-10(13)12-17-7-11(14)15/h2-5H,6-7H2,1H3,(H,12,13)(H,14,15). The number of hydrogen-bond donors (Lipinski definition) is 2. The van der Waals surface area contributed by atoms with Gasteiger partial charge in [0.25, 0.3) is 0 Å². The zero-order chi connectivity index (χ0) is 12.7. The lowest BCUT2D eigenvalue weighted by Gasteiger charge is -2.04. The fraction of sp³-hybridized carbons (Fsp3) is 0.273. The van der Waals surface area contributed by atoms with Gasteiger partial charge in [0.2, 0.25) is 5.91 Å². The summed E-state index contributed by atoms with van der Waals surface area (Å²) in [5, 5.41) is 8.28. The number of ether oxygens (including phenoxy) is 1. The van der Waals surface area contributed by atoms with Crippen molar-refractivity contribution in [3.63, 3.8) is 0 Å². The van der Waals surface area contributed by atoms with Gasteiger partial charge in [0.15, 0.2) is 6.61 Å². The Balaban J connectivity index is 2.37. The number of aliphatic carboxylic acids is 1. The lowest BCUT2D eigenvalue weighted by molar-refractivity contribution is -0.149. The van der Waals surface area contributed by atoms with E-state index in [1.54, 1.807) is 31.4 Å². The van der Waals surface area contributed by atoms with Crippen molar-refractivity contribution in [1.29, 1.82) is 0 Å². The van der Waals surface area contributed by atoms with Gasteiger partial charge in [-0.25, -0.2) is 10.3 Å². The molecular weight excluding hydrogens is 226 g/mol. The third kappa shape index (κ3) is 4.98. The molecule has 0 atom stereocenters. The molecule has 0 aromatic heterocycles. The Morgan fingerprint density at radius 1 is 1.29 bits per heavy atom. The summed E-state index contributed by atoms with van der Waals surface area (Å²) < 4.78 is 4.97. The molecule has 1 rings (SSSR count). The molecule has 0 fully saturated rings. The van der Waals surface area contributed by atoms with Crippen molar-refractivity contribution in [3.8, 4) is 5.75 Å². The van der Waals surface area contributed by atoms with Gasteiger partial charge in [-0.15, -0.1) is 0 Å². The second-order valence-corrected chi connectivity index (χ2v) is 3.23. The van der Waals surface area contributed by atoms with Crippen molar-refractivity contribution in [2.45, 2.75) is 6.42 Å². The van der Waals surface area contributed by atoms with E-state index in [-0.39, 0.29) is 6.42 Å². The van der Waals surface area contributed by atoms with Crippen LogP contribution in [0.1, 0.15) is 5.56 Å². The monoisotopic (exact) mass is 239 g/mol. The van der Waals surface area contributed by atoms with E-state index in [4.69, 9.17) is 9.84 Å². The molecule has 1 aromatic carbocycles. The van der Waals surface area contributed by atoms with Crippen LogP contribution in [0.15, 0.2) is 24.3 Å². The minimum absolute atomic E-state index is 0.115. The smallest absolute Gasteiger partial charge is 0.332 e. The van der Waals surface area contributed by atoms with Crippen molar-refractivity contribution in [3.05, 3.63) is 29.8 Å². The van der Waals surface area contributed by atoms with Crippen LogP contribution in [-0.2, 0) is 20.8 Å². The summed E-state index contributed by atoms with van der Waals surface area (Å²) in [5.41, 5.74) is 2.82. The van der Waals surface area contributed by atoms with E-state index in [2.05, 4.69) is 4.84 Å². The molecule has 0 aliphatic rings. The van der Waals surface area contributed by atoms with Crippen molar-refractivity contribution in [1.82, 2.24) is 5.48 Å². The van der Waals surface area contributed by atoms with Crippen molar-refractivity contribution in [2.24, 2.45) is 0 Å². The van der Waals surface area contributed by atoms with Gasteiger partial charge >= 0.3 is 5.97 Å². The molecule has 0 saturated carbocycles. The average molecular weight is 239 g/mol. The number of carbonyl (C=O) groups is 2. The zero-order valence-corrected chi connectivity index (χ0v) is 9.30. The Labute approximate surface area is 98.1 Å². The summed E-state index contributed by atoms with van der Waals surface area (Å²) >= 11 is 0. The minimum atomic E-state index is -1.14. The molecule has 6 heteroatoms. The van der Waals surface area contributed by atoms with Gasteiger partial charge in [-0.1, -0.05) is 12.1 Å². The molecule has 0 aliphatic heterocycles. The Morgan fingerprint density at radius 3 is 2.47 bits per heavy atom. The minimum Gasteiger partial charge on any atom is -0.497 e. The highest BCUT2D eigenvalue weighted by Crippen LogP contribution is 2.11. The van der Waals surface area contributed by atoms with E-state index in [9.17, 15) is 9.59 Å². The lowest BCUT2D eigenvalue weighted by atomic mass is 10.1. The number of rotatable bonds is 6. The number of carboxylic acid groups (broad SMARTS) is 1. The number of carboxylic acids is 1. The van der Waals surface area contributed by atoms with Crippen LogP contribution in [0.5, 0.6) is 5.75 Å². The summed E-state index contributed by atoms with van der Waals surface area (Å²) in [6.45, 7) is -0.561. The van der Waals surface area contributed by atoms with Crippen LogP contribution in [0.2, 0.25) is 0 Å². The molecule has 0 spiro atoms. The molecule has 6 nitrogen and oxygen atoms in total. The predicted molar refractivity (Wildman–Crippen MR) is 58.4 cm³/mol. The van der Waals surface area contributed by atoms with Gasteiger partial charge in [-0.05, 0) is 17.7 Å². The zero-order valence-electron chi connectivity index (χ0n) is 9.30. The van der Waals surface area contributed by atoms with Gasteiger partial charge in [-0.2, -0.15) is 0 Å². The number of hydrogen-bond acceptors (Lipinski definition) is 4. The largest absolute Gasteiger partial charge is 0.497 e. The molecule has 92 valence electrons. The lowest BCUT2D eigenvalue weighted by Crippen LogP contribution is -2.27. The van der Waals surface area contributed by atoms with Crippen LogP contribution in [0.3, 0.4) is 0 Å². The van der Waals surface area contributed by atoms with E-state index in [0.29, 0.717) is 5.75 Å². The first-order valence-electron chi connectivity index (χ1n) is 4.87. The molecular formula is C11H13NO5. The molecule has 2 N–H and O–H groups in total. The van der Waals surface area contributed by atoms with Gasteiger partial charge in [0.1, 0.15) is 5.75 Å². The summed E-state index contributed by atoms with van der Waals surface area (Å²) in [7, 11) is 1.56. The van der Waals surface area contributed by atoms with E-state index in [0.717, 1.165) is 5.56 Å². The number of hydroxylamine groups is 1. The Morgan fingerprint density at radius 2 is 1.94 bits per heavy atom. The third-order valence-electron chi connectivity index (χ3n) is 1.91. The van der Waals surface area contributed by atoms with Crippen molar-refractivity contribution < 1.29 is 24.3 Å². The summed E-state index contributed by atoms with van der Waals surface area (Å²) in [6.07, 6.45) is 0.115. The van der Waals surface area contributed by atoms with Crippen LogP contribution in [0, 0.1) is 0 Å². The van der Waals surface area contributed by atoms with E-state index < -0.39 is 18.5 Å². The summed E-state index contributed by atoms with van der Waals surface area (Å²) in [6, 6.07) is 6.96. The molecule has 0 radical (unpaired) electrons. The highest BCUT2D eigenvalue weighted by Gasteiger charge is 2.04. The molecule has 0 bridgehead atoms. The molecule has 0 unspecified atom stereocenters. The normalized spacial score (nSPS) is 9.71. The van der Waals surface area contributed by atoms with Crippen LogP contribution >= 0.6 is 0 Å². The first-order valence-corrected chi connectivity index (χ1v) is 4.87.